The van der Waals surface area contributed by atoms with Crippen LogP contribution in [-0.2, 0) is 24.6 Å². The number of carboxylic acid groups (broad SMARTS) is 1. The van der Waals surface area contributed by atoms with Crippen LogP contribution < -0.4 is 14.8 Å². The van der Waals surface area contributed by atoms with Crippen molar-refractivity contribution in [3.63, 3.8) is 0 Å². The van der Waals surface area contributed by atoms with Crippen LogP contribution in [0, 0.1) is 5.82 Å². The molecular weight excluding hydrogens is 588 g/mol. The Bertz CT molecular complexity index is 1710. The summed E-state index contributed by atoms with van der Waals surface area (Å²) in [6.45, 7) is -0.328. The SMILES string of the molecule is O=C(O)[C@@H](CO)NCc1cc(Cl)c(OCc2cccc(-c3ccc(F)cc3)c2Cl)cc1OCc1ccc2nonc2c1. The average molecular weight is 612 g/mol. The van der Waals surface area contributed by atoms with Gasteiger partial charge in [0.1, 0.15) is 47.6 Å². The van der Waals surface area contributed by atoms with Crippen LogP contribution in [0.1, 0.15) is 16.7 Å². The number of rotatable bonds is 12. The lowest BCUT2D eigenvalue weighted by Gasteiger charge is -2.18. The number of carboxylic acids is 1. The van der Waals surface area contributed by atoms with Gasteiger partial charge in [-0.15, -0.1) is 0 Å². The molecule has 42 heavy (non-hydrogen) atoms. The van der Waals surface area contributed by atoms with Gasteiger partial charge in [-0.1, -0.05) is 59.6 Å². The number of hydrogen-bond donors (Lipinski definition) is 3. The quantitative estimate of drug-likeness (QED) is 0.155. The molecule has 4 aromatic carbocycles. The van der Waals surface area contributed by atoms with Crippen molar-refractivity contribution < 1.29 is 33.5 Å². The van der Waals surface area contributed by atoms with Gasteiger partial charge < -0.3 is 19.7 Å². The highest BCUT2D eigenvalue weighted by Gasteiger charge is 2.19. The van der Waals surface area contributed by atoms with Gasteiger partial charge >= 0.3 is 5.97 Å². The molecule has 0 aliphatic heterocycles. The second-order valence-electron chi connectivity index (χ2n) is 9.29. The number of halogens is 3. The number of fused-ring (bicyclic) bond motifs is 1. The number of ether oxygens (including phenoxy) is 2. The Labute approximate surface area is 249 Å². The minimum atomic E-state index is -1.19. The summed E-state index contributed by atoms with van der Waals surface area (Å²) in [6, 6.07) is 18.9. The van der Waals surface area contributed by atoms with E-state index in [0.717, 1.165) is 16.7 Å². The Kier molecular flexibility index (Phi) is 9.19. The van der Waals surface area contributed by atoms with E-state index in [9.17, 15) is 19.4 Å². The summed E-state index contributed by atoms with van der Waals surface area (Å²) >= 11 is 13.2. The largest absolute Gasteiger partial charge is 0.488 e. The van der Waals surface area contributed by atoms with E-state index in [2.05, 4.69) is 15.6 Å². The zero-order chi connectivity index (χ0) is 29.6. The Morgan fingerprint density at radius 3 is 2.45 bits per heavy atom. The molecule has 1 atom stereocenters. The van der Waals surface area contributed by atoms with Crippen LogP contribution in [0.4, 0.5) is 4.39 Å². The van der Waals surface area contributed by atoms with Gasteiger partial charge in [-0.2, -0.15) is 0 Å². The molecule has 0 amide bonds. The molecule has 0 saturated heterocycles. The van der Waals surface area contributed by atoms with E-state index in [1.54, 1.807) is 36.4 Å². The van der Waals surface area contributed by atoms with Gasteiger partial charge in [-0.25, -0.2) is 9.02 Å². The topological polar surface area (TPSA) is 127 Å². The maximum Gasteiger partial charge on any atom is 0.323 e. The van der Waals surface area contributed by atoms with Crippen molar-refractivity contribution in [3.8, 4) is 22.6 Å². The van der Waals surface area contributed by atoms with E-state index in [1.807, 2.05) is 24.3 Å². The fraction of sp³-hybridized carbons (Fsp3) is 0.167. The van der Waals surface area contributed by atoms with E-state index in [-0.39, 0.29) is 30.6 Å². The van der Waals surface area contributed by atoms with Gasteiger partial charge in [-0.05, 0) is 51.8 Å². The fourth-order valence-corrected chi connectivity index (χ4v) is 4.73. The molecular formula is C30H24Cl2FN3O6. The highest BCUT2D eigenvalue weighted by atomic mass is 35.5. The number of benzene rings is 4. The maximum absolute atomic E-state index is 13.4. The van der Waals surface area contributed by atoms with Gasteiger partial charge in [-0.3, -0.25) is 10.1 Å². The number of nitrogens with one attached hydrogen (secondary N) is 1. The molecule has 1 heterocycles. The van der Waals surface area contributed by atoms with Crippen LogP contribution in [0.5, 0.6) is 11.5 Å². The summed E-state index contributed by atoms with van der Waals surface area (Å²) in [5.74, 6) is -0.841. The zero-order valence-corrected chi connectivity index (χ0v) is 23.4. The molecule has 0 fully saturated rings. The van der Waals surface area contributed by atoms with Crippen molar-refractivity contribution in [2.75, 3.05) is 6.61 Å². The third kappa shape index (κ3) is 6.80. The third-order valence-corrected chi connectivity index (χ3v) is 7.21. The molecule has 1 aromatic heterocycles. The predicted molar refractivity (Wildman–Crippen MR) is 154 cm³/mol. The van der Waals surface area contributed by atoms with Crippen molar-refractivity contribution in [1.82, 2.24) is 15.6 Å². The predicted octanol–water partition coefficient (Wildman–Crippen LogP) is 6.03. The molecule has 0 bridgehead atoms. The monoisotopic (exact) mass is 611 g/mol. The number of nitrogens with zero attached hydrogens (tertiary/aromatic N) is 2. The lowest BCUT2D eigenvalue weighted by atomic mass is 10.0. The van der Waals surface area contributed by atoms with Gasteiger partial charge in [0.05, 0.1) is 16.7 Å². The molecule has 3 N–H and O–H groups in total. The maximum atomic E-state index is 13.4. The van der Waals surface area contributed by atoms with Crippen LogP contribution in [0.3, 0.4) is 0 Å². The van der Waals surface area contributed by atoms with Crippen molar-refractivity contribution in [2.24, 2.45) is 0 Å². The summed E-state index contributed by atoms with van der Waals surface area (Å²) in [5.41, 5.74) is 4.69. The number of aliphatic hydroxyl groups excluding tert-OH is 1. The summed E-state index contributed by atoms with van der Waals surface area (Å²) in [7, 11) is 0. The second kappa shape index (κ2) is 13.2. The van der Waals surface area contributed by atoms with Crippen LogP contribution >= 0.6 is 23.2 Å². The van der Waals surface area contributed by atoms with Crippen molar-refractivity contribution in [1.29, 1.82) is 0 Å². The van der Waals surface area contributed by atoms with Gasteiger partial charge in [0.15, 0.2) is 0 Å². The Morgan fingerprint density at radius 1 is 0.929 bits per heavy atom. The van der Waals surface area contributed by atoms with E-state index in [4.69, 9.17) is 37.3 Å². The van der Waals surface area contributed by atoms with Gasteiger partial charge in [0.2, 0.25) is 0 Å². The lowest BCUT2D eigenvalue weighted by Crippen LogP contribution is -2.39. The number of carbonyl (C=O) groups is 1. The molecule has 0 saturated carbocycles. The minimum absolute atomic E-state index is 0.0463. The Hall–Kier alpha value is -4.22. The molecule has 0 aliphatic carbocycles. The molecule has 216 valence electrons. The number of hydrogen-bond acceptors (Lipinski definition) is 8. The normalized spacial score (nSPS) is 11.9. The van der Waals surface area contributed by atoms with E-state index >= 15 is 0 Å². The van der Waals surface area contributed by atoms with Gasteiger partial charge in [0, 0.05) is 29.3 Å². The smallest absolute Gasteiger partial charge is 0.323 e. The van der Waals surface area contributed by atoms with Crippen LogP contribution in [0.25, 0.3) is 22.2 Å². The molecule has 12 heteroatoms. The standard InChI is InChI=1S/C30H24Cl2FN3O6/c31-23-11-20(13-34-26(14-37)30(38)39)27(40-15-17-4-9-24-25(10-17)36-42-35-24)12-28(23)41-16-19-2-1-3-22(29(19)32)18-5-7-21(33)8-6-18/h1-12,26,34,37H,13-16H2,(H,38,39)/t26-/m1/s1. The summed E-state index contributed by atoms with van der Waals surface area (Å²) in [6.07, 6.45) is 0. The fourth-order valence-electron chi connectivity index (χ4n) is 4.20. The first-order valence-electron chi connectivity index (χ1n) is 12.7. The minimum Gasteiger partial charge on any atom is -0.488 e. The Balaban J connectivity index is 1.38. The van der Waals surface area contributed by atoms with Crippen molar-refractivity contribution in [2.45, 2.75) is 25.8 Å². The number of aliphatic carboxylic acids is 1. The van der Waals surface area contributed by atoms with Crippen LogP contribution in [0.2, 0.25) is 10.0 Å². The average Bonchev–Trinajstić information content (AvgIpc) is 3.45. The molecule has 0 spiro atoms. The molecule has 5 rings (SSSR count). The third-order valence-electron chi connectivity index (χ3n) is 6.46. The summed E-state index contributed by atoms with van der Waals surface area (Å²) < 4.78 is 30.3. The first kappa shape index (κ1) is 29.3. The molecule has 0 aliphatic rings. The highest BCUT2D eigenvalue weighted by molar-refractivity contribution is 6.34. The Morgan fingerprint density at radius 2 is 1.69 bits per heavy atom. The van der Waals surface area contributed by atoms with E-state index in [0.29, 0.717) is 38.7 Å². The first-order chi connectivity index (χ1) is 20.3. The van der Waals surface area contributed by atoms with E-state index < -0.39 is 18.6 Å². The zero-order valence-electron chi connectivity index (χ0n) is 21.9. The second-order valence-corrected chi connectivity index (χ2v) is 10.1. The number of aliphatic hydroxyl groups is 1. The molecule has 5 aromatic rings. The van der Waals surface area contributed by atoms with Gasteiger partial charge in [0.25, 0.3) is 0 Å². The lowest BCUT2D eigenvalue weighted by molar-refractivity contribution is -0.140. The number of aromatic nitrogens is 2. The van der Waals surface area contributed by atoms with Crippen LogP contribution in [-0.4, -0.2) is 39.1 Å². The van der Waals surface area contributed by atoms with Crippen LogP contribution in [0.15, 0.2) is 77.4 Å². The molecule has 0 radical (unpaired) electrons. The highest BCUT2D eigenvalue weighted by Crippen LogP contribution is 2.36. The molecule has 9 nitrogen and oxygen atoms in total. The first-order valence-corrected chi connectivity index (χ1v) is 13.5. The summed E-state index contributed by atoms with van der Waals surface area (Å²) in [4.78, 5) is 11.4. The van der Waals surface area contributed by atoms with Crippen molar-refractivity contribution in [3.05, 3.63) is 105 Å². The van der Waals surface area contributed by atoms with Crippen molar-refractivity contribution >= 4 is 40.2 Å². The van der Waals surface area contributed by atoms with E-state index in [1.165, 1.54) is 12.1 Å². The molecule has 0 unspecified atom stereocenters. The summed E-state index contributed by atoms with van der Waals surface area (Å²) in [5, 5.41) is 29.8.